The van der Waals surface area contributed by atoms with Crippen LogP contribution in [0.15, 0.2) is 18.2 Å². The lowest BCUT2D eigenvalue weighted by molar-refractivity contribution is 0.0943. The number of amides is 1. The Morgan fingerprint density at radius 1 is 1.38 bits per heavy atom. The molecular formula is C16H24ClN3O. The molecule has 0 radical (unpaired) electrons. The van der Waals surface area contributed by atoms with Gasteiger partial charge in [-0.2, -0.15) is 0 Å². The third-order valence-electron chi connectivity index (χ3n) is 3.90. The van der Waals surface area contributed by atoms with Gasteiger partial charge in [0.25, 0.3) is 5.91 Å². The predicted molar refractivity (Wildman–Crippen MR) is 87.7 cm³/mol. The molecule has 0 aliphatic carbocycles. The van der Waals surface area contributed by atoms with Crippen molar-refractivity contribution < 1.29 is 4.79 Å². The second-order valence-corrected chi connectivity index (χ2v) is 6.29. The van der Waals surface area contributed by atoms with Crippen LogP contribution in [0.3, 0.4) is 0 Å². The first-order valence-electron chi connectivity index (χ1n) is 7.62. The number of nitrogen functional groups attached to an aromatic ring is 1. The van der Waals surface area contributed by atoms with Crippen molar-refractivity contribution in [2.45, 2.75) is 26.2 Å². The number of carbonyl (C=O) groups excluding carboxylic acids is 1. The average molecular weight is 310 g/mol. The first-order valence-corrected chi connectivity index (χ1v) is 8.00. The Bertz CT molecular complexity index is 466. The number of nitrogens with one attached hydrogen (secondary N) is 1. The van der Waals surface area contributed by atoms with E-state index in [9.17, 15) is 4.79 Å². The van der Waals surface area contributed by atoms with Crippen molar-refractivity contribution in [2.24, 2.45) is 5.92 Å². The topological polar surface area (TPSA) is 58.4 Å². The van der Waals surface area contributed by atoms with Gasteiger partial charge in [-0.1, -0.05) is 31.0 Å². The van der Waals surface area contributed by atoms with Crippen molar-refractivity contribution in [1.82, 2.24) is 10.2 Å². The molecule has 116 valence electrons. The summed E-state index contributed by atoms with van der Waals surface area (Å²) in [4.78, 5) is 14.7. The molecule has 0 spiro atoms. The number of hydrogen-bond donors (Lipinski definition) is 2. The smallest absolute Gasteiger partial charge is 0.254 e. The van der Waals surface area contributed by atoms with Gasteiger partial charge in [0.1, 0.15) is 0 Å². The van der Waals surface area contributed by atoms with E-state index in [1.807, 2.05) is 0 Å². The van der Waals surface area contributed by atoms with Gasteiger partial charge in [-0.15, -0.1) is 0 Å². The molecule has 3 N–H and O–H groups in total. The zero-order valence-corrected chi connectivity index (χ0v) is 13.3. The van der Waals surface area contributed by atoms with E-state index in [4.69, 9.17) is 17.3 Å². The maximum Gasteiger partial charge on any atom is 0.254 e. The monoisotopic (exact) mass is 309 g/mol. The molecule has 0 aromatic heterocycles. The molecule has 4 nitrogen and oxygen atoms in total. The second kappa shape index (κ2) is 7.66. The van der Waals surface area contributed by atoms with Crippen molar-refractivity contribution in [3.8, 4) is 0 Å². The summed E-state index contributed by atoms with van der Waals surface area (Å²) in [5.41, 5.74) is 6.62. The van der Waals surface area contributed by atoms with Gasteiger partial charge in [-0.05, 0) is 44.0 Å². The number of benzene rings is 1. The molecule has 1 unspecified atom stereocenters. The zero-order chi connectivity index (χ0) is 15.2. The molecule has 1 amide bonds. The number of hydrogen-bond acceptors (Lipinski definition) is 3. The van der Waals surface area contributed by atoms with Crippen LogP contribution in [0, 0.1) is 5.92 Å². The molecule has 1 fully saturated rings. The molecule has 2 rings (SSSR count). The van der Waals surface area contributed by atoms with E-state index in [-0.39, 0.29) is 5.91 Å². The van der Waals surface area contributed by atoms with Crippen LogP contribution in [0.2, 0.25) is 5.02 Å². The predicted octanol–water partition coefficient (Wildman–Crippen LogP) is 2.77. The number of piperidine rings is 1. The van der Waals surface area contributed by atoms with Gasteiger partial charge in [0.2, 0.25) is 0 Å². The van der Waals surface area contributed by atoms with E-state index in [1.54, 1.807) is 18.2 Å². The van der Waals surface area contributed by atoms with Crippen LogP contribution in [0.4, 0.5) is 5.69 Å². The van der Waals surface area contributed by atoms with Gasteiger partial charge in [0.15, 0.2) is 0 Å². The average Bonchev–Trinajstić information content (AvgIpc) is 2.46. The molecule has 21 heavy (non-hydrogen) atoms. The highest BCUT2D eigenvalue weighted by atomic mass is 35.5. The van der Waals surface area contributed by atoms with Crippen molar-refractivity contribution in [2.75, 3.05) is 31.9 Å². The number of anilines is 1. The maximum atomic E-state index is 12.2. The van der Waals surface area contributed by atoms with E-state index in [0.29, 0.717) is 28.7 Å². The molecule has 5 heteroatoms. The van der Waals surface area contributed by atoms with Crippen LogP contribution in [0.5, 0.6) is 0 Å². The minimum absolute atomic E-state index is 0.191. The number of nitrogens with zero attached hydrogens (tertiary/aromatic N) is 1. The molecule has 1 heterocycles. The van der Waals surface area contributed by atoms with E-state index < -0.39 is 0 Å². The Morgan fingerprint density at radius 3 is 2.76 bits per heavy atom. The fourth-order valence-electron chi connectivity index (χ4n) is 2.78. The standard InChI is InChI=1S/C16H24ClN3O/c1-12(11-20-8-3-2-4-9-20)10-19-16(21)15-13(17)6-5-7-14(15)18/h5-7,12H,2-4,8-11,18H2,1H3,(H,19,21). The van der Waals surface area contributed by atoms with E-state index in [2.05, 4.69) is 17.1 Å². The quantitative estimate of drug-likeness (QED) is 0.822. The van der Waals surface area contributed by atoms with Crippen LogP contribution in [0.1, 0.15) is 36.5 Å². The molecule has 0 saturated carbocycles. The molecule has 1 aromatic carbocycles. The summed E-state index contributed by atoms with van der Waals surface area (Å²) in [5.74, 6) is 0.222. The van der Waals surface area contributed by atoms with Gasteiger partial charge in [0, 0.05) is 18.8 Å². The third-order valence-corrected chi connectivity index (χ3v) is 4.22. The highest BCUT2D eigenvalue weighted by Gasteiger charge is 2.16. The number of halogens is 1. The highest BCUT2D eigenvalue weighted by molar-refractivity contribution is 6.34. The van der Waals surface area contributed by atoms with Crippen LogP contribution in [-0.4, -0.2) is 37.0 Å². The van der Waals surface area contributed by atoms with Crippen LogP contribution in [-0.2, 0) is 0 Å². The summed E-state index contributed by atoms with van der Waals surface area (Å²) >= 11 is 6.05. The summed E-state index contributed by atoms with van der Waals surface area (Å²) in [6, 6.07) is 5.12. The number of carbonyl (C=O) groups is 1. The Morgan fingerprint density at radius 2 is 2.10 bits per heavy atom. The highest BCUT2D eigenvalue weighted by Crippen LogP contribution is 2.21. The van der Waals surface area contributed by atoms with Gasteiger partial charge >= 0.3 is 0 Å². The third kappa shape index (κ3) is 4.61. The van der Waals surface area contributed by atoms with Gasteiger partial charge in [-0.3, -0.25) is 4.79 Å². The molecule has 0 bridgehead atoms. The fourth-order valence-corrected chi connectivity index (χ4v) is 3.05. The lowest BCUT2D eigenvalue weighted by atomic mass is 10.1. The molecule has 1 aliphatic rings. The van der Waals surface area contributed by atoms with E-state index >= 15 is 0 Å². The number of likely N-dealkylation sites (tertiary alicyclic amines) is 1. The Labute approximate surface area is 131 Å². The van der Waals surface area contributed by atoms with Gasteiger partial charge in [-0.25, -0.2) is 0 Å². The number of rotatable bonds is 5. The fraction of sp³-hybridized carbons (Fsp3) is 0.562. The van der Waals surface area contributed by atoms with Gasteiger partial charge < -0.3 is 16.0 Å². The molecule has 1 aromatic rings. The summed E-state index contributed by atoms with van der Waals surface area (Å²) in [6.45, 7) is 6.18. The van der Waals surface area contributed by atoms with Crippen molar-refractivity contribution in [3.05, 3.63) is 28.8 Å². The maximum absolute atomic E-state index is 12.2. The Hall–Kier alpha value is -1.26. The Balaban J connectivity index is 1.83. The summed E-state index contributed by atoms with van der Waals surface area (Å²) in [6.07, 6.45) is 3.91. The molecular weight excluding hydrogens is 286 g/mol. The SMILES string of the molecule is CC(CNC(=O)c1c(N)cccc1Cl)CN1CCCCC1. The zero-order valence-electron chi connectivity index (χ0n) is 12.6. The van der Waals surface area contributed by atoms with Crippen molar-refractivity contribution in [3.63, 3.8) is 0 Å². The van der Waals surface area contributed by atoms with Crippen molar-refractivity contribution in [1.29, 1.82) is 0 Å². The first-order chi connectivity index (χ1) is 10.1. The van der Waals surface area contributed by atoms with Crippen molar-refractivity contribution >= 4 is 23.2 Å². The first kappa shape index (κ1) is 16.1. The summed E-state index contributed by atoms with van der Waals surface area (Å²) in [7, 11) is 0. The number of nitrogens with two attached hydrogens (primary N) is 1. The largest absolute Gasteiger partial charge is 0.398 e. The second-order valence-electron chi connectivity index (χ2n) is 5.88. The van der Waals surface area contributed by atoms with Crippen LogP contribution < -0.4 is 11.1 Å². The lowest BCUT2D eigenvalue weighted by Crippen LogP contribution is -2.38. The van der Waals surface area contributed by atoms with Crippen LogP contribution >= 0.6 is 11.6 Å². The molecule has 1 saturated heterocycles. The minimum atomic E-state index is -0.191. The van der Waals surface area contributed by atoms with Crippen LogP contribution in [0.25, 0.3) is 0 Å². The van der Waals surface area contributed by atoms with E-state index in [0.717, 1.165) is 6.54 Å². The van der Waals surface area contributed by atoms with E-state index in [1.165, 1.54) is 32.4 Å². The molecule has 1 aliphatic heterocycles. The minimum Gasteiger partial charge on any atom is -0.398 e. The normalized spacial score (nSPS) is 17.4. The van der Waals surface area contributed by atoms with Gasteiger partial charge in [0.05, 0.1) is 10.6 Å². The molecule has 1 atom stereocenters. The summed E-state index contributed by atoms with van der Waals surface area (Å²) < 4.78 is 0. The Kier molecular flexibility index (Phi) is 5.88. The summed E-state index contributed by atoms with van der Waals surface area (Å²) in [5, 5.41) is 3.34. The lowest BCUT2D eigenvalue weighted by Gasteiger charge is -2.29.